The number of carbonyl (C=O) groups excluding carboxylic acids is 1. The molecule has 4 rings (SSSR count). The number of hydrogen-bond donors (Lipinski definition) is 1. The zero-order valence-electron chi connectivity index (χ0n) is 15.1. The van der Waals surface area contributed by atoms with E-state index in [0.29, 0.717) is 17.3 Å². The van der Waals surface area contributed by atoms with Gasteiger partial charge in [-0.1, -0.05) is 12.1 Å². The number of pyridine rings is 1. The number of benzene rings is 1. The molecule has 1 amide bonds. The highest BCUT2D eigenvalue weighted by atomic mass is 32.1. The molecule has 0 unspecified atom stereocenters. The summed E-state index contributed by atoms with van der Waals surface area (Å²) in [7, 11) is 4.13. The summed E-state index contributed by atoms with van der Waals surface area (Å²) < 4.78 is 1.11. The van der Waals surface area contributed by atoms with Gasteiger partial charge < -0.3 is 9.80 Å². The second-order valence-corrected chi connectivity index (χ2v) is 8.02. The van der Waals surface area contributed by atoms with Crippen molar-refractivity contribution in [2.45, 2.75) is 18.9 Å². The molecule has 1 N–H and O–H groups in total. The lowest BCUT2D eigenvalue weighted by molar-refractivity contribution is -0.885. The molecule has 3 heterocycles. The van der Waals surface area contributed by atoms with E-state index < -0.39 is 0 Å². The maximum Gasteiger partial charge on any atom is 0.256 e. The third kappa shape index (κ3) is 3.22. The summed E-state index contributed by atoms with van der Waals surface area (Å²) in [4.78, 5) is 25.8. The Balaban J connectivity index is 1.65. The van der Waals surface area contributed by atoms with Crippen LogP contribution in [0.3, 0.4) is 0 Å². The molecule has 0 spiro atoms. The molecule has 1 aliphatic rings. The fraction of sp³-hybridized carbons (Fsp3) is 0.350. The average Bonchev–Trinajstić information content (AvgIpc) is 3.11. The van der Waals surface area contributed by atoms with Gasteiger partial charge >= 0.3 is 0 Å². The number of nitrogens with one attached hydrogen (secondary N) is 1. The summed E-state index contributed by atoms with van der Waals surface area (Å²) in [5.41, 5.74) is 2.27. The normalized spacial score (nSPS) is 20.2. The van der Waals surface area contributed by atoms with Crippen molar-refractivity contribution in [3.05, 3.63) is 48.2 Å². The number of likely N-dealkylation sites (tertiary alicyclic amines) is 1. The molecule has 6 heteroatoms. The van der Waals surface area contributed by atoms with E-state index in [-0.39, 0.29) is 5.91 Å². The van der Waals surface area contributed by atoms with Crippen LogP contribution >= 0.6 is 11.3 Å². The Kier molecular flexibility index (Phi) is 4.70. The van der Waals surface area contributed by atoms with Gasteiger partial charge in [-0.3, -0.25) is 9.78 Å². The van der Waals surface area contributed by atoms with E-state index in [1.807, 2.05) is 48.3 Å². The Morgan fingerprint density at radius 2 is 1.96 bits per heavy atom. The van der Waals surface area contributed by atoms with E-state index in [1.54, 1.807) is 22.4 Å². The fourth-order valence-corrected chi connectivity index (χ4v) is 4.54. The van der Waals surface area contributed by atoms with Crippen LogP contribution in [0.5, 0.6) is 0 Å². The Labute approximate surface area is 157 Å². The molecule has 0 radical (unpaired) electrons. The predicted octanol–water partition coefficient (Wildman–Crippen LogP) is 2.11. The van der Waals surface area contributed by atoms with Gasteiger partial charge in [0.05, 0.1) is 35.9 Å². The van der Waals surface area contributed by atoms with Gasteiger partial charge in [-0.05, 0) is 24.3 Å². The summed E-state index contributed by atoms with van der Waals surface area (Å²) in [5.74, 6) is 0.0388. The number of para-hydroxylation sites is 1. The van der Waals surface area contributed by atoms with Crippen molar-refractivity contribution < 1.29 is 9.69 Å². The van der Waals surface area contributed by atoms with E-state index in [1.165, 1.54) is 0 Å². The Morgan fingerprint density at radius 3 is 2.73 bits per heavy atom. The molecule has 0 saturated carbocycles. The minimum absolute atomic E-state index is 0.0388. The van der Waals surface area contributed by atoms with Crippen molar-refractivity contribution >= 4 is 27.5 Å². The number of carbonyl (C=O) groups is 1. The van der Waals surface area contributed by atoms with Crippen molar-refractivity contribution in [3.8, 4) is 10.7 Å². The monoisotopic (exact) mass is 367 g/mol. The Hall–Kier alpha value is -2.31. The first kappa shape index (κ1) is 17.1. The number of aromatic nitrogens is 2. The van der Waals surface area contributed by atoms with Gasteiger partial charge in [-0.15, -0.1) is 11.3 Å². The molecule has 1 fully saturated rings. The smallest absolute Gasteiger partial charge is 0.256 e. The zero-order valence-corrected chi connectivity index (χ0v) is 15.9. The van der Waals surface area contributed by atoms with Crippen molar-refractivity contribution in [3.63, 3.8) is 0 Å². The van der Waals surface area contributed by atoms with Gasteiger partial charge in [-0.2, -0.15) is 0 Å². The SMILES string of the molecule is CN(C(=O)c1cccnc1-c1nc2ccccc2s1)C1CC[NH+](C)CC1. The number of amides is 1. The minimum atomic E-state index is 0.0388. The van der Waals surface area contributed by atoms with Crippen LogP contribution in [0.2, 0.25) is 0 Å². The van der Waals surface area contributed by atoms with E-state index in [2.05, 4.69) is 17.0 Å². The molecule has 3 aromatic rings. The number of nitrogens with zero attached hydrogens (tertiary/aromatic N) is 3. The first-order valence-corrected chi connectivity index (χ1v) is 9.84. The molecule has 2 aromatic heterocycles. The van der Waals surface area contributed by atoms with Crippen LogP contribution in [-0.2, 0) is 0 Å². The van der Waals surface area contributed by atoms with Crippen LogP contribution in [0, 0.1) is 0 Å². The number of rotatable bonds is 3. The highest BCUT2D eigenvalue weighted by molar-refractivity contribution is 7.21. The van der Waals surface area contributed by atoms with Gasteiger partial charge in [0.1, 0.15) is 10.7 Å². The summed E-state index contributed by atoms with van der Waals surface area (Å²) in [6.07, 6.45) is 3.83. The highest BCUT2D eigenvalue weighted by Gasteiger charge is 2.28. The largest absolute Gasteiger partial charge is 0.338 e. The molecule has 1 aliphatic heterocycles. The van der Waals surface area contributed by atoms with Crippen LogP contribution in [0.1, 0.15) is 23.2 Å². The molecular weight excluding hydrogens is 344 g/mol. The lowest BCUT2D eigenvalue weighted by Crippen LogP contribution is -3.10. The molecule has 5 nitrogen and oxygen atoms in total. The van der Waals surface area contributed by atoms with Gasteiger partial charge in [0.15, 0.2) is 0 Å². The first-order valence-electron chi connectivity index (χ1n) is 9.03. The highest BCUT2D eigenvalue weighted by Crippen LogP contribution is 2.31. The summed E-state index contributed by atoms with van der Waals surface area (Å²) in [5, 5.41) is 0.802. The average molecular weight is 367 g/mol. The van der Waals surface area contributed by atoms with E-state index >= 15 is 0 Å². The number of piperidine rings is 1. The Morgan fingerprint density at radius 1 is 1.19 bits per heavy atom. The number of quaternary nitrogens is 1. The van der Waals surface area contributed by atoms with E-state index in [9.17, 15) is 4.79 Å². The lowest BCUT2D eigenvalue weighted by Gasteiger charge is -2.33. The molecule has 0 aliphatic carbocycles. The second-order valence-electron chi connectivity index (χ2n) is 6.99. The van der Waals surface area contributed by atoms with Crippen LogP contribution in [0.25, 0.3) is 20.9 Å². The van der Waals surface area contributed by atoms with Crippen LogP contribution in [0.15, 0.2) is 42.6 Å². The van der Waals surface area contributed by atoms with Crippen LogP contribution in [0.4, 0.5) is 0 Å². The topological polar surface area (TPSA) is 50.5 Å². The fourth-order valence-electron chi connectivity index (χ4n) is 3.56. The maximum absolute atomic E-state index is 13.2. The second kappa shape index (κ2) is 7.13. The van der Waals surface area contributed by atoms with Crippen LogP contribution < -0.4 is 4.90 Å². The molecule has 1 aromatic carbocycles. The van der Waals surface area contributed by atoms with Crippen molar-refractivity contribution in [2.24, 2.45) is 0 Å². The third-order valence-corrected chi connectivity index (χ3v) is 6.25. The van der Waals surface area contributed by atoms with Gasteiger partial charge in [0.2, 0.25) is 0 Å². The predicted molar refractivity (Wildman–Crippen MR) is 105 cm³/mol. The van der Waals surface area contributed by atoms with Gasteiger partial charge in [0, 0.05) is 32.1 Å². The molecule has 134 valence electrons. The van der Waals surface area contributed by atoms with Crippen molar-refractivity contribution in [1.82, 2.24) is 14.9 Å². The summed E-state index contributed by atoms with van der Waals surface area (Å²) >= 11 is 1.58. The third-order valence-electron chi connectivity index (χ3n) is 5.21. The molecule has 26 heavy (non-hydrogen) atoms. The number of hydrogen-bond acceptors (Lipinski definition) is 4. The summed E-state index contributed by atoms with van der Waals surface area (Å²) in [6, 6.07) is 12.0. The maximum atomic E-state index is 13.2. The molecular formula is C20H23N4OS+. The molecule has 0 bridgehead atoms. The minimum Gasteiger partial charge on any atom is -0.338 e. The lowest BCUT2D eigenvalue weighted by atomic mass is 10.0. The molecule has 1 saturated heterocycles. The van der Waals surface area contributed by atoms with E-state index in [0.717, 1.165) is 41.2 Å². The quantitative estimate of drug-likeness (QED) is 0.771. The van der Waals surface area contributed by atoms with Crippen molar-refractivity contribution in [2.75, 3.05) is 27.2 Å². The zero-order chi connectivity index (χ0) is 18.1. The molecule has 0 atom stereocenters. The van der Waals surface area contributed by atoms with Gasteiger partial charge in [-0.25, -0.2) is 4.98 Å². The number of thiazole rings is 1. The van der Waals surface area contributed by atoms with Gasteiger partial charge in [0.25, 0.3) is 5.91 Å². The van der Waals surface area contributed by atoms with Crippen LogP contribution in [-0.4, -0.2) is 54.0 Å². The number of fused-ring (bicyclic) bond motifs is 1. The van der Waals surface area contributed by atoms with E-state index in [4.69, 9.17) is 0 Å². The first-order chi connectivity index (χ1) is 12.6. The standard InChI is InChI=1S/C20H22N4OS/c1-23-12-9-14(10-13-23)24(2)20(25)15-6-5-11-21-18(15)19-22-16-7-3-4-8-17(16)26-19/h3-8,11,14H,9-10,12-13H2,1-2H3/p+1. The van der Waals surface area contributed by atoms with Crippen molar-refractivity contribution in [1.29, 1.82) is 0 Å². The Bertz CT molecular complexity index is 897. The summed E-state index contributed by atoms with van der Waals surface area (Å²) in [6.45, 7) is 2.22.